The van der Waals surface area contributed by atoms with Crippen LogP contribution in [-0.2, 0) is 0 Å². The summed E-state index contributed by atoms with van der Waals surface area (Å²) in [6, 6.07) is 12.8. The van der Waals surface area contributed by atoms with Crippen molar-refractivity contribution in [1.82, 2.24) is 5.32 Å². The average molecular weight is 324 g/mol. The Kier molecular flexibility index (Phi) is 3.85. The van der Waals surface area contributed by atoms with Gasteiger partial charge < -0.3 is 20.5 Å². The molecule has 126 valence electrons. The van der Waals surface area contributed by atoms with Gasteiger partial charge in [-0.1, -0.05) is 24.3 Å². The number of nitrogens with one attached hydrogen (secondary N) is 1. The number of nitrogen functional groups attached to an aromatic ring is 1. The maximum absolute atomic E-state index is 6.35. The first-order valence-electron chi connectivity index (χ1n) is 8.58. The van der Waals surface area contributed by atoms with Crippen molar-refractivity contribution in [2.24, 2.45) is 5.92 Å². The highest BCUT2D eigenvalue weighted by Crippen LogP contribution is 2.57. The number of fused-ring (bicyclic) bond motifs is 3. The van der Waals surface area contributed by atoms with Crippen LogP contribution in [-0.4, -0.2) is 20.8 Å². The Bertz CT molecular complexity index is 759. The van der Waals surface area contributed by atoms with Crippen LogP contribution in [0.5, 0.6) is 11.5 Å². The molecule has 2 aromatic carbocycles. The van der Waals surface area contributed by atoms with Crippen LogP contribution >= 0.6 is 0 Å². The lowest BCUT2D eigenvalue weighted by Gasteiger charge is -2.31. The zero-order valence-electron chi connectivity index (χ0n) is 14.2. The molecule has 1 heterocycles. The number of anilines is 1. The lowest BCUT2D eigenvalue weighted by Crippen LogP contribution is -2.33. The zero-order chi connectivity index (χ0) is 16.7. The van der Waals surface area contributed by atoms with E-state index in [1.807, 2.05) is 18.2 Å². The first-order valence-corrected chi connectivity index (χ1v) is 8.58. The second kappa shape index (κ2) is 6.02. The van der Waals surface area contributed by atoms with Gasteiger partial charge in [-0.15, -0.1) is 0 Å². The SMILES string of the molecule is COc1ccc2c(c1OC)C(c1ccccc1N)C1CCCNC21. The number of rotatable bonds is 3. The third-order valence-electron chi connectivity index (χ3n) is 5.53. The van der Waals surface area contributed by atoms with E-state index in [0.29, 0.717) is 12.0 Å². The highest BCUT2D eigenvalue weighted by Gasteiger charge is 2.45. The molecule has 1 aliphatic heterocycles. The Hall–Kier alpha value is -2.20. The summed E-state index contributed by atoms with van der Waals surface area (Å²) in [6.07, 6.45) is 2.38. The maximum atomic E-state index is 6.35. The van der Waals surface area contributed by atoms with Gasteiger partial charge in [0.1, 0.15) is 0 Å². The fraction of sp³-hybridized carbons (Fsp3) is 0.400. The van der Waals surface area contributed by atoms with Crippen LogP contribution < -0.4 is 20.5 Å². The van der Waals surface area contributed by atoms with Gasteiger partial charge in [-0.3, -0.25) is 0 Å². The Morgan fingerprint density at radius 2 is 1.88 bits per heavy atom. The normalized spacial score (nSPS) is 25.0. The van der Waals surface area contributed by atoms with E-state index in [0.717, 1.165) is 23.7 Å². The molecular formula is C20H24N2O2. The van der Waals surface area contributed by atoms with Crippen LogP contribution in [0.3, 0.4) is 0 Å². The van der Waals surface area contributed by atoms with Gasteiger partial charge in [-0.25, -0.2) is 0 Å². The summed E-state index contributed by atoms with van der Waals surface area (Å²) < 4.78 is 11.3. The summed E-state index contributed by atoms with van der Waals surface area (Å²) in [7, 11) is 3.41. The maximum Gasteiger partial charge on any atom is 0.164 e. The van der Waals surface area contributed by atoms with Crippen LogP contribution in [0, 0.1) is 5.92 Å². The molecule has 0 spiro atoms. The molecule has 1 saturated heterocycles. The van der Waals surface area contributed by atoms with Gasteiger partial charge in [0.15, 0.2) is 11.5 Å². The van der Waals surface area contributed by atoms with Gasteiger partial charge in [-0.05, 0) is 48.6 Å². The highest BCUT2D eigenvalue weighted by molar-refractivity contribution is 5.63. The Balaban J connectivity index is 1.95. The lowest BCUT2D eigenvalue weighted by molar-refractivity contribution is 0.285. The first kappa shape index (κ1) is 15.3. The van der Waals surface area contributed by atoms with Crippen LogP contribution in [0.15, 0.2) is 36.4 Å². The number of methoxy groups -OCH3 is 2. The predicted molar refractivity (Wildman–Crippen MR) is 95.7 cm³/mol. The fourth-order valence-electron chi connectivity index (χ4n) is 4.57. The molecule has 0 bridgehead atoms. The fourth-order valence-corrected chi connectivity index (χ4v) is 4.57. The molecule has 1 aliphatic carbocycles. The van der Waals surface area contributed by atoms with E-state index in [4.69, 9.17) is 15.2 Å². The van der Waals surface area contributed by atoms with Crippen molar-refractivity contribution >= 4 is 5.69 Å². The molecular weight excluding hydrogens is 300 g/mol. The number of hydrogen-bond donors (Lipinski definition) is 2. The molecule has 3 unspecified atom stereocenters. The molecule has 4 nitrogen and oxygen atoms in total. The number of ether oxygens (including phenoxy) is 2. The average Bonchev–Trinajstić information content (AvgIpc) is 2.96. The topological polar surface area (TPSA) is 56.5 Å². The second-order valence-electron chi connectivity index (χ2n) is 6.65. The molecule has 1 fully saturated rings. The van der Waals surface area contributed by atoms with Crippen LogP contribution in [0.2, 0.25) is 0 Å². The predicted octanol–water partition coefficient (Wildman–Crippen LogP) is 3.47. The Morgan fingerprint density at radius 1 is 1.04 bits per heavy atom. The van der Waals surface area contributed by atoms with Crippen molar-refractivity contribution in [3.8, 4) is 11.5 Å². The standard InChI is InChI=1S/C20H24N2O2/c1-23-16-10-9-14-18(20(16)24-2)17(12-6-3-4-8-15(12)21)13-7-5-11-22-19(13)14/h3-4,6,8-10,13,17,19,22H,5,7,11,21H2,1-2H3. The van der Waals surface area contributed by atoms with E-state index in [1.54, 1.807) is 14.2 Å². The van der Waals surface area contributed by atoms with Crippen LogP contribution in [0.4, 0.5) is 5.69 Å². The van der Waals surface area contributed by atoms with Crippen molar-refractivity contribution in [3.63, 3.8) is 0 Å². The Labute approximate surface area is 143 Å². The Morgan fingerprint density at radius 3 is 2.62 bits per heavy atom. The quantitative estimate of drug-likeness (QED) is 0.849. The van der Waals surface area contributed by atoms with E-state index >= 15 is 0 Å². The molecule has 4 rings (SSSR count). The van der Waals surface area contributed by atoms with Gasteiger partial charge in [0, 0.05) is 23.2 Å². The lowest BCUT2D eigenvalue weighted by atomic mass is 9.80. The van der Waals surface area contributed by atoms with E-state index < -0.39 is 0 Å². The van der Waals surface area contributed by atoms with E-state index in [2.05, 4.69) is 23.5 Å². The highest BCUT2D eigenvalue weighted by atomic mass is 16.5. The van der Waals surface area contributed by atoms with Gasteiger partial charge in [0.2, 0.25) is 0 Å². The largest absolute Gasteiger partial charge is 0.493 e. The number of piperidine rings is 1. The second-order valence-corrected chi connectivity index (χ2v) is 6.65. The van der Waals surface area contributed by atoms with Crippen molar-refractivity contribution in [1.29, 1.82) is 0 Å². The monoisotopic (exact) mass is 324 g/mol. The third-order valence-corrected chi connectivity index (χ3v) is 5.53. The van der Waals surface area contributed by atoms with Crippen LogP contribution in [0.25, 0.3) is 0 Å². The number of nitrogens with two attached hydrogens (primary N) is 1. The van der Waals surface area contributed by atoms with Gasteiger partial charge in [-0.2, -0.15) is 0 Å². The van der Waals surface area contributed by atoms with Crippen molar-refractivity contribution in [2.75, 3.05) is 26.5 Å². The molecule has 0 saturated carbocycles. The molecule has 4 heteroatoms. The summed E-state index contributed by atoms with van der Waals surface area (Å²) in [6.45, 7) is 1.06. The minimum Gasteiger partial charge on any atom is -0.493 e. The zero-order valence-corrected chi connectivity index (χ0v) is 14.2. The molecule has 3 atom stereocenters. The smallest absolute Gasteiger partial charge is 0.164 e. The van der Waals surface area contributed by atoms with Gasteiger partial charge in [0.05, 0.1) is 14.2 Å². The molecule has 3 N–H and O–H groups in total. The summed E-state index contributed by atoms with van der Waals surface area (Å²) in [5.41, 5.74) is 11.0. The van der Waals surface area contributed by atoms with Crippen molar-refractivity contribution in [2.45, 2.75) is 24.8 Å². The summed E-state index contributed by atoms with van der Waals surface area (Å²) >= 11 is 0. The summed E-state index contributed by atoms with van der Waals surface area (Å²) in [5.74, 6) is 2.37. The van der Waals surface area contributed by atoms with Gasteiger partial charge >= 0.3 is 0 Å². The molecule has 2 aromatic rings. The number of hydrogen-bond acceptors (Lipinski definition) is 4. The first-order chi connectivity index (χ1) is 11.8. The van der Waals surface area contributed by atoms with E-state index in [-0.39, 0.29) is 5.92 Å². The van der Waals surface area contributed by atoms with E-state index in [9.17, 15) is 0 Å². The summed E-state index contributed by atoms with van der Waals surface area (Å²) in [4.78, 5) is 0. The van der Waals surface area contributed by atoms with Gasteiger partial charge in [0.25, 0.3) is 0 Å². The minimum atomic E-state index is 0.240. The summed E-state index contributed by atoms with van der Waals surface area (Å²) in [5, 5.41) is 3.71. The molecule has 24 heavy (non-hydrogen) atoms. The minimum absolute atomic E-state index is 0.240. The molecule has 0 aromatic heterocycles. The van der Waals surface area contributed by atoms with Crippen molar-refractivity contribution < 1.29 is 9.47 Å². The number of para-hydroxylation sites is 1. The van der Waals surface area contributed by atoms with Crippen LogP contribution in [0.1, 0.15) is 41.5 Å². The van der Waals surface area contributed by atoms with E-state index in [1.165, 1.54) is 29.5 Å². The molecule has 0 radical (unpaired) electrons. The third kappa shape index (κ3) is 2.17. The van der Waals surface area contributed by atoms with Crippen molar-refractivity contribution in [3.05, 3.63) is 53.1 Å². The molecule has 2 aliphatic rings. The molecule has 0 amide bonds. The number of benzene rings is 2.